The van der Waals surface area contributed by atoms with Crippen molar-refractivity contribution in [1.29, 1.82) is 0 Å². The molecule has 124 valence electrons. The van der Waals surface area contributed by atoms with E-state index in [1.807, 2.05) is 0 Å². The highest BCUT2D eigenvalue weighted by atomic mass is 16.6. The molecule has 0 aromatic rings. The number of aliphatic hydroxyl groups excluding tert-OH is 4. The molecule has 4 fully saturated rings. The van der Waals surface area contributed by atoms with E-state index in [0.717, 1.165) is 0 Å². The van der Waals surface area contributed by atoms with E-state index < -0.39 is 59.5 Å². The number of ether oxygens (including phenoxy) is 2. The molecule has 7 nitrogen and oxygen atoms in total. The number of rotatable bonds is 1. The Morgan fingerprint density at radius 1 is 1.32 bits per heavy atom. The summed E-state index contributed by atoms with van der Waals surface area (Å²) in [5.74, 6) is -0.760. The highest BCUT2D eigenvalue weighted by Crippen LogP contribution is 2.71. The number of carbonyl (C=O) groups excluding carboxylic acids is 1. The molecule has 4 N–H and O–H groups in total. The number of carbonyl (C=O) groups is 1. The van der Waals surface area contributed by atoms with Crippen LogP contribution in [0, 0.1) is 16.7 Å². The van der Waals surface area contributed by atoms with Gasteiger partial charge < -0.3 is 29.9 Å². The maximum Gasteiger partial charge on any atom is 0.164 e. The third kappa shape index (κ3) is 1.22. The van der Waals surface area contributed by atoms with Crippen LogP contribution >= 0.6 is 0 Å². The molecule has 2 saturated carbocycles. The summed E-state index contributed by atoms with van der Waals surface area (Å²) in [4.78, 5) is 12.4. The summed E-state index contributed by atoms with van der Waals surface area (Å²) in [5.41, 5.74) is -3.48. The predicted molar refractivity (Wildman–Crippen MR) is 71.8 cm³/mol. The average Bonchev–Trinajstić information content (AvgIpc) is 3.27. The van der Waals surface area contributed by atoms with Crippen LogP contribution in [-0.4, -0.2) is 75.5 Å². The maximum absolute atomic E-state index is 12.4. The minimum absolute atomic E-state index is 0.271. The van der Waals surface area contributed by atoms with E-state index in [-0.39, 0.29) is 12.4 Å². The van der Waals surface area contributed by atoms with Gasteiger partial charge in [0.25, 0.3) is 0 Å². The van der Waals surface area contributed by atoms with Gasteiger partial charge in [0.05, 0.1) is 30.8 Å². The Hall–Kier alpha value is -0.570. The number of aliphatic hydroxyl groups is 4. The van der Waals surface area contributed by atoms with Crippen LogP contribution in [0.25, 0.3) is 0 Å². The van der Waals surface area contributed by atoms with Gasteiger partial charge in [-0.25, -0.2) is 0 Å². The van der Waals surface area contributed by atoms with E-state index >= 15 is 0 Å². The van der Waals surface area contributed by atoms with Gasteiger partial charge in [-0.2, -0.15) is 0 Å². The molecule has 22 heavy (non-hydrogen) atoms. The normalized spacial score (nSPS) is 63.1. The Morgan fingerprint density at radius 2 is 1.95 bits per heavy atom. The lowest BCUT2D eigenvalue weighted by atomic mass is 9.48. The fourth-order valence-electron chi connectivity index (χ4n) is 5.40. The van der Waals surface area contributed by atoms with Gasteiger partial charge in [0.1, 0.15) is 23.9 Å². The van der Waals surface area contributed by atoms with Crippen molar-refractivity contribution in [3.63, 3.8) is 0 Å². The van der Waals surface area contributed by atoms with E-state index in [1.165, 1.54) is 0 Å². The van der Waals surface area contributed by atoms with Crippen molar-refractivity contribution < 1.29 is 34.7 Å². The fraction of sp³-hybridized carbons (Fsp3) is 0.933. The van der Waals surface area contributed by atoms with Crippen molar-refractivity contribution in [2.45, 2.75) is 56.4 Å². The molecule has 0 aromatic heterocycles. The van der Waals surface area contributed by atoms with E-state index in [4.69, 9.17) is 9.47 Å². The minimum atomic E-state index is -1.46. The first kappa shape index (κ1) is 15.0. The van der Waals surface area contributed by atoms with Crippen molar-refractivity contribution in [2.75, 3.05) is 13.2 Å². The van der Waals surface area contributed by atoms with Gasteiger partial charge in [-0.15, -0.1) is 0 Å². The molecule has 0 aromatic carbocycles. The standard InChI is InChI=1S/C15H22O7/c1-6-3-7-14(4-16,11(20)8(6)17)13(2)10(19)9(18)12(22-7)15(13)5-21-15/h6-7,9-12,16,18-20H,3-5H2,1-2H3/t6-,7+,9+,10-,11+,12+,13+,14+,15-/m1/s1. The topological polar surface area (TPSA) is 120 Å². The second kappa shape index (κ2) is 4.09. The third-order valence-corrected chi connectivity index (χ3v) is 6.94. The number of hydrogen-bond acceptors (Lipinski definition) is 7. The van der Waals surface area contributed by atoms with Gasteiger partial charge in [0.2, 0.25) is 0 Å². The first-order valence-electron chi connectivity index (χ1n) is 7.76. The van der Waals surface area contributed by atoms with Gasteiger partial charge in [-0.3, -0.25) is 4.79 Å². The first-order valence-corrected chi connectivity index (χ1v) is 7.76. The summed E-state index contributed by atoms with van der Waals surface area (Å²) in [7, 11) is 0. The van der Waals surface area contributed by atoms with Crippen LogP contribution in [0.2, 0.25) is 0 Å². The van der Waals surface area contributed by atoms with Crippen LogP contribution in [0.4, 0.5) is 0 Å². The zero-order valence-electron chi connectivity index (χ0n) is 12.6. The van der Waals surface area contributed by atoms with Crippen molar-refractivity contribution in [2.24, 2.45) is 16.7 Å². The smallest absolute Gasteiger partial charge is 0.164 e. The molecule has 1 spiro atoms. The summed E-state index contributed by atoms with van der Waals surface area (Å²) in [6.45, 7) is 3.15. The molecular weight excluding hydrogens is 292 g/mol. The lowest BCUT2D eigenvalue weighted by Crippen LogP contribution is -2.73. The SMILES string of the molecule is C[C@@H]1C[C@@H]2O[C@H]3[C@@H](O)[C@@H](O)[C@@](C)([C@]2(CO)[C@@H](O)C1=O)[C@@]31CO1. The molecule has 4 aliphatic rings. The van der Waals surface area contributed by atoms with Crippen molar-refractivity contribution >= 4 is 5.78 Å². The summed E-state index contributed by atoms with van der Waals surface area (Å²) in [6.07, 6.45) is -4.84. The van der Waals surface area contributed by atoms with Crippen molar-refractivity contribution in [1.82, 2.24) is 0 Å². The average molecular weight is 314 g/mol. The Labute approximate surface area is 127 Å². The summed E-state index contributed by atoms with van der Waals surface area (Å²) in [6, 6.07) is 0. The summed E-state index contributed by atoms with van der Waals surface area (Å²) < 4.78 is 11.6. The van der Waals surface area contributed by atoms with Crippen LogP contribution in [-0.2, 0) is 14.3 Å². The molecule has 0 radical (unpaired) electrons. The molecule has 9 atom stereocenters. The second-order valence-electron chi connectivity index (χ2n) is 7.50. The fourth-order valence-corrected chi connectivity index (χ4v) is 5.40. The zero-order chi connectivity index (χ0) is 16.1. The number of ketones is 1. The molecule has 2 heterocycles. The van der Waals surface area contributed by atoms with Gasteiger partial charge in [0, 0.05) is 11.3 Å². The Morgan fingerprint density at radius 3 is 2.50 bits per heavy atom. The maximum atomic E-state index is 12.4. The molecule has 7 heteroatoms. The largest absolute Gasteiger partial charge is 0.396 e. The summed E-state index contributed by atoms with van der Waals surface area (Å²) >= 11 is 0. The minimum Gasteiger partial charge on any atom is -0.396 e. The van der Waals surface area contributed by atoms with E-state index in [2.05, 4.69) is 0 Å². The van der Waals surface area contributed by atoms with Gasteiger partial charge in [-0.1, -0.05) is 13.8 Å². The quantitative estimate of drug-likeness (QED) is 0.422. The van der Waals surface area contributed by atoms with Gasteiger partial charge in [-0.05, 0) is 6.42 Å². The molecule has 2 aliphatic heterocycles. The second-order valence-corrected chi connectivity index (χ2v) is 7.50. The number of fused-ring (bicyclic) bond motifs is 2. The lowest BCUT2D eigenvalue weighted by Gasteiger charge is -2.60. The van der Waals surface area contributed by atoms with E-state index in [9.17, 15) is 25.2 Å². The number of hydrogen-bond donors (Lipinski definition) is 4. The molecule has 2 saturated heterocycles. The van der Waals surface area contributed by atoms with Crippen molar-refractivity contribution in [3.05, 3.63) is 0 Å². The van der Waals surface area contributed by atoms with E-state index in [1.54, 1.807) is 13.8 Å². The number of Topliss-reactive ketones (excluding diaryl/α,β-unsaturated/α-hetero) is 1. The highest BCUT2D eigenvalue weighted by Gasteiger charge is 2.86. The third-order valence-electron chi connectivity index (χ3n) is 6.94. The monoisotopic (exact) mass is 314 g/mol. The molecule has 0 amide bonds. The Kier molecular flexibility index (Phi) is 2.79. The van der Waals surface area contributed by atoms with Crippen LogP contribution in [0.15, 0.2) is 0 Å². The van der Waals surface area contributed by atoms with Gasteiger partial charge >= 0.3 is 0 Å². The Balaban J connectivity index is 1.93. The first-order chi connectivity index (χ1) is 10.3. The molecule has 2 bridgehead atoms. The Bertz CT molecular complexity index is 532. The lowest BCUT2D eigenvalue weighted by molar-refractivity contribution is -0.276. The van der Waals surface area contributed by atoms with Crippen LogP contribution in [0.1, 0.15) is 20.3 Å². The molecular formula is C15H22O7. The van der Waals surface area contributed by atoms with E-state index in [0.29, 0.717) is 6.42 Å². The van der Waals surface area contributed by atoms with Crippen LogP contribution in [0.5, 0.6) is 0 Å². The number of epoxide rings is 1. The zero-order valence-corrected chi connectivity index (χ0v) is 12.6. The van der Waals surface area contributed by atoms with Crippen molar-refractivity contribution in [3.8, 4) is 0 Å². The van der Waals surface area contributed by atoms with Crippen LogP contribution < -0.4 is 0 Å². The highest BCUT2D eigenvalue weighted by molar-refractivity contribution is 5.87. The predicted octanol–water partition coefficient (Wildman–Crippen LogP) is -1.79. The molecule has 0 unspecified atom stereocenters. The van der Waals surface area contributed by atoms with Crippen LogP contribution in [0.3, 0.4) is 0 Å². The molecule has 2 aliphatic carbocycles. The molecule has 4 rings (SSSR count). The summed E-state index contributed by atoms with van der Waals surface area (Å²) in [5, 5.41) is 41.9. The van der Waals surface area contributed by atoms with Gasteiger partial charge in [0.15, 0.2) is 5.78 Å².